The number of rotatable bonds is 1. The molecule has 1 atom stereocenters. The van der Waals surface area contributed by atoms with Gasteiger partial charge in [0.1, 0.15) is 11.8 Å². The Hall–Kier alpha value is -0.290. The molecule has 0 spiro atoms. The van der Waals surface area contributed by atoms with Gasteiger partial charge in [0.2, 0.25) is 5.91 Å². The Morgan fingerprint density at radius 2 is 2.14 bits per heavy atom. The van der Waals surface area contributed by atoms with Crippen molar-refractivity contribution in [2.24, 2.45) is 5.41 Å². The minimum atomic E-state index is -0.378. The third-order valence-electron chi connectivity index (χ3n) is 2.53. The first-order chi connectivity index (χ1) is 6.43. The number of carbonyl (C=O) groups is 1. The fourth-order valence-electron chi connectivity index (χ4n) is 1.48. The van der Waals surface area contributed by atoms with Gasteiger partial charge in [0.15, 0.2) is 4.67 Å². The molecule has 0 radical (unpaired) electrons. The maximum absolute atomic E-state index is 11.3. The minimum absolute atomic E-state index is 0.0300. The molecule has 3 nitrogen and oxygen atoms in total. The first-order valence-electron chi connectivity index (χ1n) is 4.18. The molecule has 2 heterocycles. The van der Waals surface area contributed by atoms with Crippen LogP contribution in [0.5, 0.6) is 0 Å². The second-order valence-corrected chi connectivity index (χ2v) is 5.47. The predicted molar refractivity (Wildman–Crippen MR) is 58.8 cm³/mol. The van der Waals surface area contributed by atoms with Crippen LogP contribution < -0.4 is 5.32 Å². The van der Waals surface area contributed by atoms with Crippen LogP contribution in [0, 0.1) is 5.41 Å². The Balaban J connectivity index is 2.30. The molecule has 0 aromatic carbocycles. The summed E-state index contributed by atoms with van der Waals surface area (Å²) in [7, 11) is 0. The van der Waals surface area contributed by atoms with Gasteiger partial charge in [-0.15, -0.1) is 0 Å². The van der Waals surface area contributed by atoms with Crippen LogP contribution in [0.4, 0.5) is 0 Å². The van der Waals surface area contributed by atoms with Gasteiger partial charge in [-0.1, -0.05) is 0 Å². The van der Waals surface area contributed by atoms with Gasteiger partial charge >= 0.3 is 0 Å². The maximum Gasteiger partial charge on any atom is 0.228 e. The quantitative estimate of drug-likeness (QED) is 0.808. The van der Waals surface area contributed by atoms with E-state index < -0.39 is 0 Å². The Labute approximate surface area is 98.5 Å². The van der Waals surface area contributed by atoms with E-state index in [1.54, 1.807) is 0 Å². The molecule has 1 unspecified atom stereocenters. The number of nitrogens with one attached hydrogen (secondary N) is 1. The molecule has 1 N–H and O–H groups in total. The van der Waals surface area contributed by atoms with Crippen molar-refractivity contribution in [2.75, 3.05) is 0 Å². The molecule has 0 bridgehead atoms. The first kappa shape index (κ1) is 10.2. The van der Waals surface area contributed by atoms with Crippen molar-refractivity contribution in [1.29, 1.82) is 0 Å². The van der Waals surface area contributed by atoms with Gasteiger partial charge in [-0.3, -0.25) is 4.79 Å². The third-order valence-corrected chi connectivity index (χ3v) is 4.24. The highest BCUT2D eigenvalue weighted by Gasteiger charge is 2.49. The summed E-state index contributed by atoms with van der Waals surface area (Å²) < 4.78 is 6.98. The lowest BCUT2D eigenvalue weighted by molar-refractivity contribution is -0.144. The molecule has 76 valence electrons. The highest BCUT2D eigenvalue weighted by atomic mass is 79.9. The van der Waals surface area contributed by atoms with Crippen molar-refractivity contribution in [2.45, 2.75) is 19.9 Å². The van der Waals surface area contributed by atoms with E-state index in [4.69, 9.17) is 4.42 Å². The Kier molecular flexibility index (Phi) is 2.27. The van der Waals surface area contributed by atoms with E-state index in [1.807, 2.05) is 19.9 Å². The molecule has 14 heavy (non-hydrogen) atoms. The Bertz CT molecular complexity index is 378. The molecule has 0 aliphatic carbocycles. The number of halogens is 2. The minimum Gasteiger partial charge on any atom is -0.451 e. The van der Waals surface area contributed by atoms with Crippen molar-refractivity contribution < 1.29 is 9.21 Å². The molecule has 2 rings (SSSR count). The average Bonchev–Trinajstić information content (AvgIpc) is 2.42. The molecule has 1 amide bonds. The molecule has 1 aromatic heterocycles. The number of β-lactam (4-membered cyclic amide) rings is 1. The molecule has 0 saturated carbocycles. The number of furan rings is 1. The summed E-state index contributed by atoms with van der Waals surface area (Å²) in [6.45, 7) is 3.81. The largest absolute Gasteiger partial charge is 0.451 e. The first-order valence-corrected chi connectivity index (χ1v) is 5.77. The summed E-state index contributed by atoms with van der Waals surface area (Å²) in [6, 6.07) is 1.84. The summed E-state index contributed by atoms with van der Waals surface area (Å²) in [5.74, 6) is 0.833. The summed E-state index contributed by atoms with van der Waals surface area (Å²) in [6.07, 6.45) is 0. The van der Waals surface area contributed by atoms with Gasteiger partial charge in [0.05, 0.1) is 9.89 Å². The second kappa shape index (κ2) is 3.10. The fraction of sp³-hybridized carbons (Fsp3) is 0.444. The molecule has 5 heteroatoms. The van der Waals surface area contributed by atoms with E-state index in [0.29, 0.717) is 4.67 Å². The standard InChI is InChI=1S/C9H9Br2NO2/c1-9(2)6(12-8(9)13)5-3-4(10)7(11)14-5/h3,6H,1-2H3,(H,12,13). The summed E-state index contributed by atoms with van der Waals surface area (Å²) in [4.78, 5) is 11.3. The van der Waals surface area contributed by atoms with Crippen LogP contribution in [0.3, 0.4) is 0 Å². The van der Waals surface area contributed by atoms with Gasteiger partial charge in [-0.2, -0.15) is 0 Å². The maximum atomic E-state index is 11.3. The fourth-order valence-corrected chi connectivity index (χ4v) is 2.09. The number of carbonyl (C=O) groups excluding carboxylic acids is 1. The van der Waals surface area contributed by atoms with Gasteiger partial charge in [-0.25, -0.2) is 0 Å². The summed E-state index contributed by atoms with van der Waals surface area (Å²) in [5.41, 5.74) is -0.378. The van der Waals surface area contributed by atoms with Crippen LogP contribution in [-0.2, 0) is 4.79 Å². The van der Waals surface area contributed by atoms with Crippen molar-refractivity contribution in [3.8, 4) is 0 Å². The van der Waals surface area contributed by atoms with Crippen LogP contribution in [0.25, 0.3) is 0 Å². The second-order valence-electron chi connectivity index (χ2n) is 3.90. The highest BCUT2D eigenvalue weighted by Crippen LogP contribution is 2.43. The summed E-state index contributed by atoms with van der Waals surface area (Å²) >= 11 is 6.60. The van der Waals surface area contributed by atoms with E-state index >= 15 is 0 Å². The lowest BCUT2D eigenvalue weighted by atomic mass is 9.75. The molecular weight excluding hydrogens is 314 g/mol. The number of amides is 1. The van der Waals surface area contributed by atoms with E-state index in [2.05, 4.69) is 37.2 Å². The van der Waals surface area contributed by atoms with Crippen LogP contribution in [0.2, 0.25) is 0 Å². The van der Waals surface area contributed by atoms with Gasteiger partial charge in [0.25, 0.3) is 0 Å². The molecule has 1 aliphatic rings. The smallest absolute Gasteiger partial charge is 0.228 e. The van der Waals surface area contributed by atoms with Gasteiger partial charge in [0, 0.05) is 0 Å². The number of hydrogen-bond donors (Lipinski definition) is 1. The monoisotopic (exact) mass is 321 g/mol. The van der Waals surface area contributed by atoms with Crippen molar-refractivity contribution in [1.82, 2.24) is 5.32 Å². The van der Waals surface area contributed by atoms with E-state index in [1.165, 1.54) is 0 Å². The molecule has 1 fully saturated rings. The van der Waals surface area contributed by atoms with Crippen molar-refractivity contribution in [3.63, 3.8) is 0 Å². The van der Waals surface area contributed by atoms with Gasteiger partial charge in [-0.05, 0) is 51.8 Å². The van der Waals surface area contributed by atoms with Gasteiger partial charge < -0.3 is 9.73 Å². The normalized spacial score (nSPS) is 24.3. The van der Waals surface area contributed by atoms with Crippen LogP contribution in [-0.4, -0.2) is 5.91 Å². The average molecular weight is 323 g/mol. The third kappa shape index (κ3) is 1.34. The Morgan fingerprint density at radius 1 is 1.50 bits per heavy atom. The highest BCUT2D eigenvalue weighted by molar-refractivity contribution is 9.13. The SMILES string of the molecule is CC1(C)C(=O)NC1c1cc(Br)c(Br)o1. The summed E-state index contributed by atoms with van der Waals surface area (Å²) in [5, 5.41) is 2.82. The van der Waals surface area contributed by atoms with E-state index in [9.17, 15) is 4.79 Å². The van der Waals surface area contributed by atoms with E-state index in [0.717, 1.165) is 10.2 Å². The zero-order valence-corrected chi connectivity index (χ0v) is 10.9. The van der Waals surface area contributed by atoms with Crippen LogP contribution in [0.1, 0.15) is 25.6 Å². The van der Waals surface area contributed by atoms with Crippen LogP contribution in [0.15, 0.2) is 19.6 Å². The topological polar surface area (TPSA) is 42.2 Å². The number of hydrogen-bond acceptors (Lipinski definition) is 2. The zero-order valence-electron chi connectivity index (χ0n) is 7.73. The molecule has 1 aromatic rings. The lowest BCUT2D eigenvalue weighted by Gasteiger charge is -2.42. The van der Waals surface area contributed by atoms with Crippen molar-refractivity contribution in [3.05, 3.63) is 21.0 Å². The van der Waals surface area contributed by atoms with Crippen molar-refractivity contribution >= 4 is 37.8 Å². The predicted octanol–water partition coefficient (Wildman–Crippen LogP) is 3.00. The lowest BCUT2D eigenvalue weighted by Crippen LogP contribution is -2.57. The molecular formula is C9H9Br2NO2. The van der Waals surface area contributed by atoms with E-state index in [-0.39, 0.29) is 17.4 Å². The molecule has 1 saturated heterocycles. The Morgan fingerprint density at radius 3 is 2.50 bits per heavy atom. The zero-order chi connectivity index (χ0) is 10.5. The molecule has 1 aliphatic heterocycles. The van der Waals surface area contributed by atoms with Crippen LogP contribution >= 0.6 is 31.9 Å².